The molecule has 1 nitrogen and oxygen atoms in total. The first-order valence-electron chi connectivity index (χ1n) is 4.14. The molecule has 1 heterocycles. The van der Waals surface area contributed by atoms with Crippen LogP contribution >= 0.6 is 11.6 Å². The molecule has 1 aromatic carbocycles. The average molecular weight is 208 g/mol. The number of hydrogen-bond donors (Lipinski definition) is 0. The van der Waals surface area contributed by atoms with Gasteiger partial charge in [0.15, 0.2) is 0 Å². The lowest BCUT2D eigenvalue weighted by atomic mass is 10.1. The van der Waals surface area contributed by atoms with E-state index in [1.165, 1.54) is 6.20 Å². The Morgan fingerprint density at radius 3 is 2.43 bits per heavy atom. The summed E-state index contributed by atoms with van der Waals surface area (Å²) in [5.74, 6) is -0.463. The first-order chi connectivity index (χ1) is 6.77. The topological polar surface area (TPSA) is 12.9 Å². The summed E-state index contributed by atoms with van der Waals surface area (Å²) >= 11 is 5.73. The Bertz CT molecular complexity index is 439. The summed E-state index contributed by atoms with van der Waals surface area (Å²) in [6, 6.07) is 10.4. The second-order valence-corrected chi connectivity index (χ2v) is 3.29. The van der Waals surface area contributed by atoms with Crippen LogP contribution < -0.4 is 0 Å². The fraction of sp³-hybridized carbons (Fsp3) is 0. The van der Waals surface area contributed by atoms with Gasteiger partial charge in [0.2, 0.25) is 5.95 Å². The van der Waals surface area contributed by atoms with Crippen molar-refractivity contribution in [3.8, 4) is 11.1 Å². The van der Waals surface area contributed by atoms with Crippen molar-refractivity contribution in [3.63, 3.8) is 0 Å². The molecule has 70 valence electrons. The van der Waals surface area contributed by atoms with Gasteiger partial charge in [-0.25, -0.2) is 4.98 Å². The van der Waals surface area contributed by atoms with Crippen LogP contribution in [-0.4, -0.2) is 4.98 Å². The molecule has 0 atom stereocenters. The van der Waals surface area contributed by atoms with E-state index in [2.05, 4.69) is 4.98 Å². The molecule has 14 heavy (non-hydrogen) atoms. The first-order valence-corrected chi connectivity index (χ1v) is 4.51. The van der Waals surface area contributed by atoms with Crippen LogP contribution in [0.1, 0.15) is 0 Å². The molecule has 2 aromatic rings. The van der Waals surface area contributed by atoms with Crippen LogP contribution in [0.25, 0.3) is 11.1 Å². The normalized spacial score (nSPS) is 10.1. The van der Waals surface area contributed by atoms with Crippen LogP contribution in [0.15, 0.2) is 42.6 Å². The van der Waals surface area contributed by atoms with Crippen LogP contribution in [0.3, 0.4) is 0 Å². The zero-order valence-electron chi connectivity index (χ0n) is 7.24. The Kier molecular flexibility index (Phi) is 2.46. The van der Waals surface area contributed by atoms with E-state index in [0.29, 0.717) is 10.6 Å². The molecule has 0 spiro atoms. The number of halogens is 2. The van der Waals surface area contributed by atoms with E-state index < -0.39 is 5.95 Å². The fourth-order valence-corrected chi connectivity index (χ4v) is 1.36. The first kappa shape index (κ1) is 9.16. The molecule has 0 saturated carbocycles. The van der Waals surface area contributed by atoms with Gasteiger partial charge >= 0.3 is 0 Å². The second kappa shape index (κ2) is 3.76. The van der Waals surface area contributed by atoms with Crippen LogP contribution in [0.2, 0.25) is 5.02 Å². The maximum atomic E-state index is 13.2. The predicted molar refractivity (Wildman–Crippen MR) is 54.6 cm³/mol. The summed E-state index contributed by atoms with van der Waals surface area (Å²) in [6.45, 7) is 0. The Balaban J connectivity index is 2.50. The Morgan fingerprint density at radius 2 is 1.79 bits per heavy atom. The smallest absolute Gasteiger partial charge is 0.220 e. The molecular weight excluding hydrogens is 201 g/mol. The van der Waals surface area contributed by atoms with Crippen molar-refractivity contribution in [2.75, 3.05) is 0 Å². The number of pyridine rings is 1. The second-order valence-electron chi connectivity index (χ2n) is 2.85. The Hall–Kier alpha value is -1.41. The standard InChI is InChI=1S/C11H7ClFN/c12-9-5-3-8(4-6-9)10-2-1-7-14-11(10)13/h1-7H. The molecule has 0 aliphatic rings. The summed E-state index contributed by atoms with van der Waals surface area (Å²) in [4.78, 5) is 3.58. The van der Waals surface area contributed by atoms with Crippen LogP contribution in [0.5, 0.6) is 0 Å². The van der Waals surface area contributed by atoms with Crippen molar-refractivity contribution in [3.05, 3.63) is 53.6 Å². The van der Waals surface area contributed by atoms with Gasteiger partial charge < -0.3 is 0 Å². The molecule has 0 fully saturated rings. The van der Waals surface area contributed by atoms with Crippen molar-refractivity contribution in [1.29, 1.82) is 0 Å². The quantitative estimate of drug-likeness (QED) is 0.652. The molecule has 0 amide bonds. The van der Waals surface area contributed by atoms with Crippen molar-refractivity contribution in [2.45, 2.75) is 0 Å². The summed E-state index contributed by atoms with van der Waals surface area (Å²) in [6.07, 6.45) is 1.43. The van der Waals surface area contributed by atoms with Crippen LogP contribution in [0, 0.1) is 5.95 Å². The highest BCUT2D eigenvalue weighted by Gasteiger charge is 2.03. The Labute approximate surface area is 86.2 Å². The number of aromatic nitrogens is 1. The summed E-state index contributed by atoms with van der Waals surface area (Å²) in [5.41, 5.74) is 1.27. The number of rotatable bonds is 1. The molecule has 2 rings (SSSR count). The van der Waals surface area contributed by atoms with Crippen molar-refractivity contribution in [1.82, 2.24) is 4.98 Å². The molecule has 1 aromatic heterocycles. The highest BCUT2D eigenvalue weighted by molar-refractivity contribution is 6.30. The molecule has 0 unspecified atom stereocenters. The molecule has 0 bridgehead atoms. The molecule has 3 heteroatoms. The monoisotopic (exact) mass is 207 g/mol. The lowest BCUT2D eigenvalue weighted by Crippen LogP contribution is -1.86. The maximum absolute atomic E-state index is 13.2. The van der Waals surface area contributed by atoms with E-state index in [-0.39, 0.29) is 0 Å². The largest absolute Gasteiger partial charge is 0.228 e. The van der Waals surface area contributed by atoms with Crippen molar-refractivity contribution in [2.24, 2.45) is 0 Å². The molecular formula is C11H7ClFN. The summed E-state index contributed by atoms with van der Waals surface area (Å²) < 4.78 is 13.2. The van der Waals surface area contributed by atoms with E-state index in [9.17, 15) is 4.39 Å². The van der Waals surface area contributed by atoms with Gasteiger partial charge in [-0.1, -0.05) is 23.7 Å². The zero-order valence-corrected chi connectivity index (χ0v) is 8.00. The SMILES string of the molecule is Fc1ncccc1-c1ccc(Cl)cc1. The number of benzene rings is 1. The molecule has 0 N–H and O–H groups in total. The van der Waals surface area contributed by atoms with Gasteiger partial charge in [-0.05, 0) is 29.8 Å². The molecule has 0 aliphatic heterocycles. The molecule has 0 aliphatic carbocycles. The van der Waals surface area contributed by atoms with Crippen molar-refractivity contribution >= 4 is 11.6 Å². The zero-order chi connectivity index (χ0) is 9.97. The third-order valence-corrected chi connectivity index (χ3v) is 2.17. The van der Waals surface area contributed by atoms with Gasteiger partial charge in [0, 0.05) is 16.8 Å². The van der Waals surface area contributed by atoms with E-state index in [0.717, 1.165) is 5.56 Å². The van der Waals surface area contributed by atoms with Gasteiger partial charge in [0.25, 0.3) is 0 Å². The van der Waals surface area contributed by atoms with Gasteiger partial charge in [-0.2, -0.15) is 4.39 Å². The fourth-order valence-electron chi connectivity index (χ4n) is 1.23. The number of nitrogens with zero attached hydrogens (tertiary/aromatic N) is 1. The van der Waals surface area contributed by atoms with Gasteiger partial charge in [0.1, 0.15) is 0 Å². The van der Waals surface area contributed by atoms with Crippen LogP contribution in [0.4, 0.5) is 4.39 Å². The van der Waals surface area contributed by atoms with E-state index in [1.54, 1.807) is 36.4 Å². The summed E-state index contributed by atoms with van der Waals surface area (Å²) in [5, 5.41) is 0.637. The minimum atomic E-state index is -0.463. The third-order valence-electron chi connectivity index (χ3n) is 1.91. The third kappa shape index (κ3) is 1.75. The average Bonchev–Trinajstić information content (AvgIpc) is 2.20. The van der Waals surface area contributed by atoms with E-state index >= 15 is 0 Å². The minimum absolute atomic E-state index is 0.463. The molecule has 0 radical (unpaired) electrons. The predicted octanol–water partition coefficient (Wildman–Crippen LogP) is 3.54. The van der Waals surface area contributed by atoms with Gasteiger partial charge in [0.05, 0.1) is 0 Å². The van der Waals surface area contributed by atoms with Crippen molar-refractivity contribution < 1.29 is 4.39 Å². The van der Waals surface area contributed by atoms with E-state index in [1.807, 2.05) is 0 Å². The highest BCUT2D eigenvalue weighted by Crippen LogP contribution is 2.22. The van der Waals surface area contributed by atoms with Gasteiger partial charge in [-0.3, -0.25) is 0 Å². The Morgan fingerprint density at radius 1 is 1.07 bits per heavy atom. The lowest BCUT2D eigenvalue weighted by Gasteiger charge is -2.01. The minimum Gasteiger partial charge on any atom is -0.228 e. The van der Waals surface area contributed by atoms with Gasteiger partial charge in [-0.15, -0.1) is 0 Å². The summed E-state index contributed by atoms with van der Waals surface area (Å²) in [7, 11) is 0. The van der Waals surface area contributed by atoms with Crippen LogP contribution in [-0.2, 0) is 0 Å². The van der Waals surface area contributed by atoms with E-state index in [4.69, 9.17) is 11.6 Å². The maximum Gasteiger partial charge on any atom is 0.220 e. The number of hydrogen-bond acceptors (Lipinski definition) is 1. The molecule has 0 saturated heterocycles. The lowest BCUT2D eigenvalue weighted by molar-refractivity contribution is 0.587. The highest BCUT2D eigenvalue weighted by atomic mass is 35.5.